The van der Waals surface area contributed by atoms with E-state index in [2.05, 4.69) is 5.16 Å². The summed E-state index contributed by atoms with van der Waals surface area (Å²) in [6.07, 6.45) is 0.371. The highest BCUT2D eigenvalue weighted by Gasteiger charge is 2.16. The molecule has 0 saturated heterocycles. The van der Waals surface area contributed by atoms with Gasteiger partial charge in [-0.1, -0.05) is 19.0 Å². The lowest BCUT2D eigenvalue weighted by molar-refractivity contribution is -0.116. The van der Waals surface area contributed by atoms with Gasteiger partial charge in [0.05, 0.1) is 0 Å². The molecule has 0 saturated carbocycles. The van der Waals surface area contributed by atoms with Crippen LogP contribution in [0.3, 0.4) is 0 Å². The van der Waals surface area contributed by atoms with E-state index in [0.717, 1.165) is 0 Å². The molecule has 11 heavy (non-hydrogen) atoms. The Morgan fingerprint density at radius 3 is 1.73 bits per heavy atom. The Balaban J connectivity index is 4.43. The monoisotopic (exact) mass is 157 g/mol. The van der Waals surface area contributed by atoms with Crippen LogP contribution in [-0.4, -0.2) is 22.5 Å². The van der Waals surface area contributed by atoms with Gasteiger partial charge in [0.1, 0.15) is 0 Å². The van der Waals surface area contributed by atoms with Crippen molar-refractivity contribution in [2.24, 2.45) is 5.16 Å². The third-order valence-electron chi connectivity index (χ3n) is 1.27. The molecule has 0 unspecified atom stereocenters. The topological polar surface area (TPSA) is 66.7 Å². The lowest BCUT2D eigenvalue weighted by Gasteiger charge is -1.96. The van der Waals surface area contributed by atoms with Gasteiger partial charge in [-0.25, -0.2) is 0 Å². The van der Waals surface area contributed by atoms with Gasteiger partial charge >= 0.3 is 0 Å². The van der Waals surface area contributed by atoms with Crippen molar-refractivity contribution in [2.75, 3.05) is 0 Å². The summed E-state index contributed by atoms with van der Waals surface area (Å²) < 4.78 is 0. The zero-order valence-corrected chi connectivity index (χ0v) is 6.63. The van der Waals surface area contributed by atoms with Crippen LogP contribution >= 0.6 is 0 Å². The number of carbonyl (C=O) groups is 2. The highest BCUT2D eigenvalue weighted by atomic mass is 16.4. The summed E-state index contributed by atoms with van der Waals surface area (Å²) in [5.74, 6) is -0.835. The Hall–Kier alpha value is -1.19. The van der Waals surface area contributed by atoms with E-state index in [-0.39, 0.29) is 18.6 Å². The Bertz CT molecular complexity index is 178. The van der Waals surface area contributed by atoms with Crippen molar-refractivity contribution >= 4 is 17.3 Å². The van der Waals surface area contributed by atoms with Gasteiger partial charge in [0.25, 0.3) is 0 Å². The van der Waals surface area contributed by atoms with E-state index in [1.165, 1.54) is 0 Å². The zero-order chi connectivity index (χ0) is 8.85. The minimum atomic E-state index is -0.417. The van der Waals surface area contributed by atoms with Crippen LogP contribution in [0.25, 0.3) is 0 Å². The first-order valence-electron chi connectivity index (χ1n) is 3.45. The largest absolute Gasteiger partial charge is 0.410 e. The van der Waals surface area contributed by atoms with E-state index in [1.807, 2.05) is 0 Å². The summed E-state index contributed by atoms with van der Waals surface area (Å²) in [6, 6.07) is 0. The predicted octanol–water partition coefficient (Wildman–Crippen LogP) is 0.775. The number of nitrogens with zero attached hydrogens (tertiary/aromatic N) is 1. The molecule has 0 rings (SSSR count). The van der Waals surface area contributed by atoms with Crippen LogP contribution in [0.5, 0.6) is 0 Å². The van der Waals surface area contributed by atoms with Gasteiger partial charge in [-0.05, 0) is 0 Å². The highest BCUT2D eigenvalue weighted by molar-refractivity contribution is 6.65. The average Bonchev–Trinajstić information content (AvgIpc) is 2.05. The van der Waals surface area contributed by atoms with Gasteiger partial charge < -0.3 is 5.21 Å². The zero-order valence-electron chi connectivity index (χ0n) is 6.63. The molecule has 0 aliphatic rings. The summed E-state index contributed by atoms with van der Waals surface area (Å²) in [6.45, 7) is 3.22. The van der Waals surface area contributed by atoms with Crippen molar-refractivity contribution in [2.45, 2.75) is 26.7 Å². The standard InChI is InChI=1S/C7H11NO3/c1-3-5(9)7(8-11)6(10)4-2/h11H,3-4H2,1-2H3. The number of hydrogen-bond acceptors (Lipinski definition) is 4. The molecule has 0 amide bonds. The number of rotatable bonds is 4. The fraction of sp³-hybridized carbons (Fsp3) is 0.571. The minimum Gasteiger partial charge on any atom is -0.410 e. The molecule has 0 aliphatic carbocycles. The quantitative estimate of drug-likeness (QED) is 0.284. The average molecular weight is 157 g/mol. The van der Waals surface area contributed by atoms with E-state index < -0.39 is 11.6 Å². The van der Waals surface area contributed by atoms with Crippen molar-refractivity contribution in [1.29, 1.82) is 0 Å². The van der Waals surface area contributed by atoms with Gasteiger partial charge in [-0.3, -0.25) is 9.59 Å². The lowest BCUT2D eigenvalue weighted by atomic mass is 10.1. The van der Waals surface area contributed by atoms with Crippen molar-refractivity contribution in [1.82, 2.24) is 0 Å². The molecule has 0 radical (unpaired) electrons. The number of carbonyl (C=O) groups excluding carboxylic acids is 2. The van der Waals surface area contributed by atoms with Crippen LogP contribution in [0.2, 0.25) is 0 Å². The number of Topliss-reactive ketones (excluding diaryl/α,β-unsaturated/α-hetero) is 2. The van der Waals surface area contributed by atoms with Crippen molar-refractivity contribution < 1.29 is 14.8 Å². The van der Waals surface area contributed by atoms with E-state index in [0.29, 0.717) is 0 Å². The maximum absolute atomic E-state index is 10.8. The molecule has 0 heterocycles. The minimum absolute atomic E-state index is 0.186. The third kappa shape index (κ3) is 2.49. The summed E-state index contributed by atoms with van der Waals surface area (Å²) in [7, 11) is 0. The van der Waals surface area contributed by atoms with Gasteiger partial charge in [0, 0.05) is 12.8 Å². The van der Waals surface area contributed by atoms with Crippen molar-refractivity contribution in [3.05, 3.63) is 0 Å². The number of oxime groups is 1. The van der Waals surface area contributed by atoms with Gasteiger partial charge in [-0.2, -0.15) is 0 Å². The molecule has 0 atom stereocenters. The SMILES string of the molecule is CCC(=O)C(=NO)C(=O)CC. The molecule has 0 aromatic heterocycles. The van der Waals surface area contributed by atoms with E-state index in [9.17, 15) is 9.59 Å². The van der Waals surface area contributed by atoms with Gasteiger partial charge in [0.15, 0.2) is 17.3 Å². The van der Waals surface area contributed by atoms with E-state index in [1.54, 1.807) is 13.8 Å². The fourth-order valence-electron chi connectivity index (χ4n) is 0.602. The third-order valence-corrected chi connectivity index (χ3v) is 1.27. The first kappa shape index (κ1) is 9.81. The predicted molar refractivity (Wildman–Crippen MR) is 39.8 cm³/mol. The molecule has 62 valence electrons. The van der Waals surface area contributed by atoms with E-state index in [4.69, 9.17) is 5.21 Å². The molecule has 0 bridgehead atoms. The van der Waals surface area contributed by atoms with Crippen molar-refractivity contribution in [3.8, 4) is 0 Å². The van der Waals surface area contributed by atoms with Crippen LogP contribution in [0.15, 0.2) is 5.16 Å². The van der Waals surface area contributed by atoms with Crippen LogP contribution in [0.1, 0.15) is 26.7 Å². The van der Waals surface area contributed by atoms with Crippen LogP contribution in [-0.2, 0) is 9.59 Å². The Labute approximate surface area is 64.9 Å². The second-order valence-corrected chi connectivity index (χ2v) is 2.00. The highest BCUT2D eigenvalue weighted by Crippen LogP contribution is 1.92. The number of hydrogen-bond donors (Lipinski definition) is 1. The maximum atomic E-state index is 10.8. The molecule has 0 fully saturated rings. The summed E-state index contributed by atoms with van der Waals surface area (Å²) in [4.78, 5) is 21.7. The second kappa shape index (κ2) is 4.60. The molecule has 0 spiro atoms. The van der Waals surface area contributed by atoms with Gasteiger partial charge in [0.2, 0.25) is 0 Å². The molecule has 0 aromatic rings. The second-order valence-electron chi connectivity index (χ2n) is 2.00. The fourth-order valence-corrected chi connectivity index (χ4v) is 0.602. The summed E-state index contributed by atoms with van der Waals surface area (Å²) in [5, 5.41) is 10.9. The molecular formula is C7H11NO3. The molecular weight excluding hydrogens is 146 g/mol. The lowest BCUT2D eigenvalue weighted by Crippen LogP contribution is -2.22. The van der Waals surface area contributed by atoms with E-state index >= 15 is 0 Å². The van der Waals surface area contributed by atoms with Crippen LogP contribution < -0.4 is 0 Å². The molecule has 0 aromatic carbocycles. The Morgan fingerprint density at radius 2 is 1.55 bits per heavy atom. The first-order valence-corrected chi connectivity index (χ1v) is 3.45. The van der Waals surface area contributed by atoms with Crippen molar-refractivity contribution in [3.63, 3.8) is 0 Å². The molecule has 4 heteroatoms. The van der Waals surface area contributed by atoms with Crippen LogP contribution in [0, 0.1) is 0 Å². The maximum Gasteiger partial charge on any atom is 0.188 e. The van der Waals surface area contributed by atoms with Crippen LogP contribution in [0.4, 0.5) is 0 Å². The summed E-state index contributed by atoms with van der Waals surface area (Å²) >= 11 is 0. The molecule has 0 aliphatic heterocycles. The number of ketones is 2. The Kier molecular flexibility index (Phi) is 4.10. The molecule has 1 N–H and O–H groups in total. The normalized spacial score (nSPS) is 8.91. The molecule has 4 nitrogen and oxygen atoms in total. The Morgan fingerprint density at radius 1 is 1.18 bits per heavy atom. The first-order chi connectivity index (χ1) is 5.17. The van der Waals surface area contributed by atoms with Gasteiger partial charge in [-0.15, -0.1) is 0 Å². The summed E-state index contributed by atoms with van der Waals surface area (Å²) in [5.41, 5.74) is -0.338. The smallest absolute Gasteiger partial charge is 0.188 e.